The molecular formula is C11H21NO. The molecule has 0 radical (unpaired) electrons. The third-order valence-corrected chi connectivity index (χ3v) is 3.39. The maximum absolute atomic E-state index is 6.07. The maximum Gasteiger partial charge on any atom is 0.0785 e. The van der Waals surface area contributed by atoms with Crippen molar-refractivity contribution < 1.29 is 4.74 Å². The topological polar surface area (TPSA) is 21.3 Å². The summed E-state index contributed by atoms with van der Waals surface area (Å²) in [6, 6.07) is 0.507. The molecule has 2 nitrogen and oxygen atoms in total. The lowest BCUT2D eigenvalue weighted by Crippen LogP contribution is -2.56. The number of morpholine rings is 1. The summed E-state index contributed by atoms with van der Waals surface area (Å²) in [5.41, 5.74) is 0.104. The van der Waals surface area contributed by atoms with Gasteiger partial charge >= 0.3 is 0 Å². The van der Waals surface area contributed by atoms with Crippen LogP contribution in [-0.2, 0) is 4.74 Å². The summed E-state index contributed by atoms with van der Waals surface area (Å²) in [6.07, 6.45) is 4.44. The van der Waals surface area contributed by atoms with Crippen LogP contribution in [0.2, 0.25) is 0 Å². The molecule has 2 fully saturated rings. The van der Waals surface area contributed by atoms with Crippen LogP contribution in [0.25, 0.3) is 0 Å². The zero-order valence-corrected chi connectivity index (χ0v) is 8.97. The molecule has 0 spiro atoms. The molecule has 0 amide bonds. The van der Waals surface area contributed by atoms with E-state index in [2.05, 4.69) is 26.1 Å². The third kappa shape index (κ3) is 2.23. The number of rotatable bonds is 2. The van der Waals surface area contributed by atoms with Gasteiger partial charge in [-0.25, -0.2) is 0 Å². The van der Waals surface area contributed by atoms with Crippen molar-refractivity contribution in [2.24, 2.45) is 5.92 Å². The highest BCUT2D eigenvalue weighted by Gasteiger charge is 2.38. The summed E-state index contributed by atoms with van der Waals surface area (Å²) < 4.78 is 6.07. The zero-order valence-electron chi connectivity index (χ0n) is 8.97. The SMILES string of the molecule is CC1NCC(C)(CC2CC2)OC1C. The van der Waals surface area contributed by atoms with Gasteiger partial charge in [0.2, 0.25) is 0 Å². The summed E-state index contributed by atoms with van der Waals surface area (Å²) >= 11 is 0. The molecular weight excluding hydrogens is 162 g/mol. The van der Waals surface area contributed by atoms with Crippen molar-refractivity contribution in [3.05, 3.63) is 0 Å². The van der Waals surface area contributed by atoms with Gasteiger partial charge in [0.15, 0.2) is 0 Å². The summed E-state index contributed by atoms with van der Waals surface area (Å²) in [6.45, 7) is 7.64. The van der Waals surface area contributed by atoms with Crippen LogP contribution < -0.4 is 5.32 Å². The lowest BCUT2D eigenvalue weighted by atomic mass is 9.95. The average Bonchev–Trinajstić information content (AvgIpc) is 2.81. The molecule has 2 heteroatoms. The quantitative estimate of drug-likeness (QED) is 0.706. The van der Waals surface area contributed by atoms with Crippen LogP contribution in [-0.4, -0.2) is 24.3 Å². The number of nitrogens with one attached hydrogen (secondary N) is 1. The van der Waals surface area contributed by atoms with Crippen molar-refractivity contribution >= 4 is 0 Å². The minimum absolute atomic E-state index is 0.104. The second-order valence-corrected chi connectivity index (χ2v) is 5.09. The monoisotopic (exact) mass is 183 g/mol. The average molecular weight is 183 g/mol. The minimum atomic E-state index is 0.104. The molecule has 1 heterocycles. The molecule has 1 N–H and O–H groups in total. The van der Waals surface area contributed by atoms with Crippen molar-refractivity contribution in [2.75, 3.05) is 6.54 Å². The largest absolute Gasteiger partial charge is 0.369 e. The molecule has 1 aliphatic carbocycles. The van der Waals surface area contributed by atoms with Gasteiger partial charge in [-0.3, -0.25) is 0 Å². The predicted octanol–water partition coefficient (Wildman–Crippen LogP) is 1.94. The van der Waals surface area contributed by atoms with Crippen molar-refractivity contribution in [2.45, 2.75) is 57.8 Å². The van der Waals surface area contributed by atoms with Gasteiger partial charge in [0.1, 0.15) is 0 Å². The molecule has 2 rings (SSSR count). The Morgan fingerprint density at radius 1 is 1.38 bits per heavy atom. The van der Waals surface area contributed by atoms with E-state index in [1.54, 1.807) is 0 Å². The van der Waals surface area contributed by atoms with Crippen LogP contribution in [0.15, 0.2) is 0 Å². The molecule has 3 unspecified atom stereocenters. The highest BCUT2D eigenvalue weighted by molar-refractivity contribution is 4.92. The summed E-state index contributed by atoms with van der Waals surface area (Å²) in [5.74, 6) is 0.951. The van der Waals surface area contributed by atoms with E-state index in [0.29, 0.717) is 12.1 Å². The fourth-order valence-electron chi connectivity index (χ4n) is 2.19. The minimum Gasteiger partial charge on any atom is -0.369 e. The fourth-order valence-corrected chi connectivity index (χ4v) is 2.19. The molecule has 0 aromatic rings. The van der Waals surface area contributed by atoms with Crippen molar-refractivity contribution in [3.63, 3.8) is 0 Å². The predicted molar refractivity (Wildman–Crippen MR) is 53.8 cm³/mol. The van der Waals surface area contributed by atoms with Crippen LogP contribution in [0.4, 0.5) is 0 Å². The van der Waals surface area contributed by atoms with Crippen molar-refractivity contribution in [1.82, 2.24) is 5.32 Å². The summed E-state index contributed by atoms with van der Waals surface area (Å²) in [5, 5.41) is 3.53. The molecule has 0 aromatic carbocycles. The van der Waals surface area contributed by atoms with Crippen molar-refractivity contribution in [1.29, 1.82) is 0 Å². The molecule has 2 aliphatic rings. The molecule has 76 valence electrons. The van der Waals surface area contributed by atoms with E-state index >= 15 is 0 Å². The summed E-state index contributed by atoms with van der Waals surface area (Å²) in [4.78, 5) is 0. The van der Waals surface area contributed by atoms with E-state index in [9.17, 15) is 0 Å². The van der Waals surface area contributed by atoms with Gasteiger partial charge in [0.05, 0.1) is 11.7 Å². The van der Waals surface area contributed by atoms with E-state index in [4.69, 9.17) is 4.74 Å². The Balaban J connectivity index is 1.90. The third-order valence-electron chi connectivity index (χ3n) is 3.39. The highest BCUT2D eigenvalue weighted by atomic mass is 16.5. The van der Waals surface area contributed by atoms with Gasteiger partial charge in [-0.15, -0.1) is 0 Å². The van der Waals surface area contributed by atoms with Gasteiger partial charge < -0.3 is 10.1 Å². The lowest BCUT2D eigenvalue weighted by molar-refractivity contribution is -0.121. The summed E-state index contributed by atoms with van der Waals surface area (Å²) in [7, 11) is 0. The zero-order chi connectivity index (χ0) is 9.47. The Morgan fingerprint density at radius 2 is 2.08 bits per heavy atom. The molecule has 13 heavy (non-hydrogen) atoms. The van der Waals surface area contributed by atoms with E-state index in [0.717, 1.165) is 12.5 Å². The smallest absolute Gasteiger partial charge is 0.0785 e. The number of hydrogen-bond acceptors (Lipinski definition) is 2. The second-order valence-electron chi connectivity index (χ2n) is 5.09. The molecule has 0 bridgehead atoms. The van der Waals surface area contributed by atoms with Crippen LogP contribution in [0.1, 0.15) is 40.0 Å². The molecule has 0 aromatic heterocycles. The molecule has 1 saturated carbocycles. The molecule has 3 atom stereocenters. The van der Waals surface area contributed by atoms with Gasteiger partial charge in [0.25, 0.3) is 0 Å². The Hall–Kier alpha value is -0.0800. The highest BCUT2D eigenvalue weighted by Crippen LogP contribution is 2.39. The fraction of sp³-hybridized carbons (Fsp3) is 1.00. The number of hydrogen-bond donors (Lipinski definition) is 1. The molecule has 1 aliphatic heterocycles. The van der Waals surface area contributed by atoms with Crippen LogP contribution >= 0.6 is 0 Å². The maximum atomic E-state index is 6.07. The Bertz CT molecular complexity index is 191. The lowest BCUT2D eigenvalue weighted by Gasteiger charge is -2.41. The normalized spacial score (nSPS) is 46.4. The van der Waals surface area contributed by atoms with E-state index in [1.165, 1.54) is 19.3 Å². The first-order valence-corrected chi connectivity index (χ1v) is 5.50. The first-order chi connectivity index (χ1) is 6.09. The van der Waals surface area contributed by atoms with Gasteiger partial charge in [-0.2, -0.15) is 0 Å². The van der Waals surface area contributed by atoms with Gasteiger partial charge in [-0.1, -0.05) is 12.8 Å². The first kappa shape index (κ1) is 9.47. The second kappa shape index (κ2) is 3.25. The first-order valence-electron chi connectivity index (χ1n) is 5.50. The van der Waals surface area contributed by atoms with E-state index in [-0.39, 0.29) is 5.60 Å². The Morgan fingerprint density at radius 3 is 2.62 bits per heavy atom. The number of ether oxygens (including phenoxy) is 1. The van der Waals surface area contributed by atoms with Crippen LogP contribution in [0.5, 0.6) is 0 Å². The molecule has 1 saturated heterocycles. The standard InChI is InChI=1S/C11H21NO/c1-8-9(2)13-11(3,7-12-8)6-10-4-5-10/h8-10,12H,4-7H2,1-3H3. The van der Waals surface area contributed by atoms with Crippen molar-refractivity contribution in [3.8, 4) is 0 Å². The van der Waals surface area contributed by atoms with Gasteiger partial charge in [-0.05, 0) is 33.1 Å². The van der Waals surface area contributed by atoms with Crippen LogP contribution in [0.3, 0.4) is 0 Å². The Labute approximate surface area is 81.0 Å². The van der Waals surface area contributed by atoms with Gasteiger partial charge in [0, 0.05) is 12.6 Å². The van der Waals surface area contributed by atoms with E-state index < -0.39 is 0 Å². The van der Waals surface area contributed by atoms with Crippen LogP contribution in [0, 0.1) is 5.92 Å². The van der Waals surface area contributed by atoms with E-state index in [1.807, 2.05) is 0 Å². The Kier molecular flexibility index (Phi) is 2.37.